The maximum Gasteiger partial charge on any atom is 0.319 e. The van der Waals surface area contributed by atoms with E-state index in [1.54, 1.807) is 12.1 Å². The number of hydrogen-bond acceptors (Lipinski definition) is 3. The molecule has 3 amide bonds. The zero-order valence-electron chi connectivity index (χ0n) is 11.1. The number of rotatable bonds is 6. The van der Waals surface area contributed by atoms with Crippen LogP contribution in [-0.4, -0.2) is 25.1 Å². The number of hydrogen-bond donors (Lipinski definition) is 3. The van der Waals surface area contributed by atoms with Crippen LogP contribution in [-0.2, 0) is 9.63 Å². The van der Waals surface area contributed by atoms with Crippen molar-refractivity contribution in [1.29, 1.82) is 0 Å². The largest absolute Gasteiger partial charge is 0.329 e. The fraction of sp³-hybridized carbons (Fsp3) is 0.385. The molecule has 104 valence electrons. The predicted molar refractivity (Wildman–Crippen MR) is 72.4 cm³/mol. The van der Waals surface area contributed by atoms with E-state index in [9.17, 15) is 9.59 Å². The molecule has 0 aliphatic carbocycles. The van der Waals surface area contributed by atoms with Crippen molar-refractivity contribution >= 4 is 17.6 Å². The van der Waals surface area contributed by atoms with Crippen molar-refractivity contribution in [2.45, 2.75) is 13.8 Å². The Hall–Kier alpha value is -2.08. The summed E-state index contributed by atoms with van der Waals surface area (Å²) in [7, 11) is 0. The molecule has 0 heterocycles. The first-order valence-electron chi connectivity index (χ1n) is 6.08. The Morgan fingerprint density at radius 2 is 1.89 bits per heavy atom. The Balaban J connectivity index is 2.18. The highest BCUT2D eigenvalue weighted by Gasteiger charge is 2.05. The van der Waals surface area contributed by atoms with Crippen LogP contribution < -0.4 is 16.1 Å². The van der Waals surface area contributed by atoms with Gasteiger partial charge in [0, 0.05) is 5.69 Å². The first-order chi connectivity index (χ1) is 9.08. The minimum atomic E-state index is -0.440. The molecule has 0 saturated carbocycles. The summed E-state index contributed by atoms with van der Waals surface area (Å²) in [6, 6.07) is 8.54. The number of hydroxylamine groups is 1. The topological polar surface area (TPSA) is 79.5 Å². The Morgan fingerprint density at radius 1 is 1.21 bits per heavy atom. The molecular weight excluding hydrogens is 246 g/mol. The standard InChI is InChI=1S/C13H19N3O3/c1-10(2)9-19-16-12(17)8-14-13(18)15-11-6-4-3-5-7-11/h3-7,10H,8-9H2,1-2H3,(H,16,17)(H2,14,15,18). The van der Waals surface area contributed by atoms with Crippen molar-refractivity contribution in [3.05, 3.63) is 30.3 Å². The van der Waals surface area contributed by atoms with E-state index in [4.69, 9.17) is 4.84 Å². The van der Waals surface area contributed by atoms with Crippen molar-refractivity contribution in [3.8, 4) is 0 Å². The Kier molecular flexibility index (Phi) is 6.38. The molecule has 1 aromatic carbocycles. The molecule has 1 rings (SSSR count). The molecule has 0 unspecified atom stereocenters. The molecule has 19 heavy (non-hydrogen) atoms. The smallest absolute Gasteiger partial charge is 0.319 e. The summed E-state index contributed by atoms with van der Waals surface area (Å²) in [5, 5.41) is 5.03. The van der Waals surface area contributed by atoms with Gasteiger partial charge in [-0.1, -0.05) is 32.0 Å². The molecule has 0 aromatic heterocycles. The second-order valence-corrected chi connectivity index (χ2v) is 4.40. The summed E-state index contributed by atoms with van der Waals surface area (Å²) in [6.45, 7) is 4.23. The molecule has 0 saturated heterocycles. The molecule has 0 radical (unpaired) electrons. The lowest BCUT2D eigenvalue weighted by Crippen LogP contribution is -2.39. The molecule has 0 spiro atoms. The predicted octanol–water partition coefficient (Wildman–Crippen LogP) is 1.51. The molecule has 0 fully saturated rings. The highest BCUT2D eigenvalue weighted by molar-refractivity contribution is 5.91. The number of anilines is 1. The summed E-state index contributed by atoms with van der Waals surface area (Å²) >= 11 is 0. The van der Waals surface area contributed by atoms with Crippen molar-refractivity contribution in [2.24, 2.45) is 5.92 Å². The summed E-state index contributed by atoms with van der Waals surface area (Å²) < 4.78 is 0. The summed E-state index contributed by atoms with van der Waals surface area (Å²) in [4.78, 5) is 27.7. The van der Waals surface area contributed by atoms with Gasteiger partial charge in [-0.15, -0.1) is 0 Å². The SMILES string of the molecule is CC(C)CONC(=O)CNC(=O)Nc1ccccc1. The number of urea groups is 1. The van der Waals surface area contributed by atoms with Crippen LogP contribution in [0.5, 0.6) is 0 Å². The summed E-state index contributed by atoms with van der Waals surface area (Å²) in [6.07, 6.45) is 0. The quantitative estimate of drug-likeness (QED) is 0.682. The van der Waals surface area contributed by atoms with Crippen LogP contribution in [0.2, 0.25) is 0 Å². The third-order valence-corrected chi connectivity index (χ3v) is 2.04. The fourth-order valence-corrected chi connectivity index (χ4v) is 1.18. The van der Waals surface area contributed by atoms with Gasteiger partial charge >= 0.3 is 6.03 Å². The molecule has 1 aromatic rings. The Labute approximate surface area is 112 Å². The van der Waals surface area contributed by atoms with E-state index in [0.29, 0.717) is 18.2 Å². The first kappa shape index (κ1) is 15.0. The highest BCUT2D eigenvalue weighted by Crippen LogP contribution is 2.03. The molecule has 0 atom stereocenters. The zero-order valence-corrected chi connectivity index (χ0v) is 11.1. The number of amides is 3. The van der Waals surface area contributed by atoms with E-state index in [1.165, 1.54) is 0 Å². The van der Waals surface area contributed by atoms with E-state index < -0.39 is 11.9 Å². The van der Waals surface area contributed by atoms with E-state index in [0.717, 1.165) is 0 Å². The number of carbonyl (C=O) groups is 2. The number of carbonyl (C=O) groups excluding carboxylic acids is 2. The highest BCUT2D eigenvalue weighted by atomic mass is 16.6. The molecular formula is C13H19N3O3. The summed E-state index contributed by atoms with van der Waals surface area (Å²) in [5.41, 5.74) is 2.92. The van der Waals surface area contributed by atoms with Crippen LogP contribution in [0.15, 0.2) is 30.3 Å². The van der Waals surface area contributed by atoms with E-state index in [-0.39, 0.29) is 6.54 Å². The lowest BCUT2D eigenvalue weighted by molar-refractivity contribution is -0.133. The zero-order chi connectivity index (χ0) is 14.1. The van der Waals surface area contributed by atoms with Gasteiger partial charge in [-0.05, 0) is 18.1 Å². The van der Waals surface area contributed by atoms with E-state index in [1.807, 2.05) is 32.0 Å². The average molecular weight is 265 g/mol. The number of para-hydroxylation sites is 1. The van der Waals surface area contributed by atoms with Crippen LogP contribution in [0.3, 0.4) is 0 Å². The number of benzene rings is 1. The van der Waals surface area contributed by atoms with Crippen molar-refractivity contribution in [1.82, 2.24) is 10.8 Å². The van der Waals surface area contributed by atoms with Crippen molar-refractivity contribution < 1.29 is 14.4 Å². The van der Waals surface area contributed by atoms with Gasteiger partial charge in [0.05, 0.1) is 6.61 Å². The average Bonchev–Trinajstić information content (AvgIpc) is 2.37. The lowest BCUT2D eigenvalue weighted by atomic mass is 10.2. The fourth-order valence-electron chi connectivity index (χ4n) is 1.18. The maximum absolute atomic E-state index is 11.5. The van der Waals surface area contributed by atoms with Crippen LogP contribution in [0.1, 0.15) is 13.8 Å². The monoisotopic (exact) mass is 265 g/mol. The molecule has 6 heteroatoms. The third kappa shape index (κ3) is 7.05. The molecule has 3 N–H and O–H groups in total. The van der Waals surface area contributed by atoms with Gasteiger partial charge in [-0.25, -0.2) is 10.3 Å². The van der Waals surface area contributed by atoms with Gasteiger partial charge < -0.3 is 10.6 Å². The van der Waals surface area contributed by atoms with E-state index in [2.05, 4.69) is 16.1 Å². The maximum atomic E-state index is 11.5. The Bertz CT molecular complexity index is 407. The second kappa shape index (κ2) is 8.10. The van der Waals surface area contributed by atoms with Crippen LogP contribution in [0.4, 0.5) is 10.5 Å². The lowest BCUT2D eigenvalue weighted by Gasteiger charge is -2.09. The van der Waals surface area contributed by atoms with Crippen LogP contribution >= 0.6 is 0 Å². The van der Waals surface area contributed by atoms with Crippen LogP contribution in [0.25, 0.3) is 0 Å². The van der Waals surface area contributed by atoms with Gasteiger partial charge in [-0.2, -0.15) is 0 Å². The normalized spacial score (nSPS) is 10.1. The second-order valence-electron chi connectivity index (χ2n) is 4.40. The molecule has 0 aliphatic heterocycles. The van der Waals surface area contributed by atoms with Gasteiger partial charge in [0.25, 0.3) is 5.91 Å². The minimum absolute atomic E-state index is 0.142. The Morgan fingerprint density at radius 3 is 2.53 bits per heavy atom. The van der Waals surface area contributed by atoms with Gasteiger partial charge in [0.2, 0.25) is 0 Å². The first-order valence-corrected chi connectivity index (χ1v) is 6.08. The van der Waals surface area contributed by atoms with Gasteiger partial charge in [-0.3, -0.25) is 9.63 Å². The van der Waals surface area contributed by atoms with Gasteiger partial charge in [0.15, 0.2) is 0 Å². The summed E-state index contributed by atoms with van der Waals surface area (Å²) in [5.74, 6) is -0.0708. The molecule has 0 bridgehead atoms. The van der Waals surface area contributed by atoms with Gasteiger partial charge in [0.1, 0.15) is 6.54 Å². The minimum Gasteiger partial charge on any atom is -0.329 e. The number of nitrogens with one attached hydrogen (secondary N) is 3. The van der Waals surface area contributed by atoms with E-state index >= 15 is 0 Å². The van der Waals surface area contributed by atoms with Crippen molar-refractivity contribution in [2.75, 3.05) is 18.5 Å². The van der Waals surface area contributed by atoms with Crippen molar-refractivity contribution in [3.63, 3.8) is 0 Å². The molecule has 6 nitrogen and oxygen atoms in total. The third-order valence-electron chi connectivity index (χ3n) is 2.04. The molecule has 0 aliphatic rings. The van der Waals surface area contributed by atoms with Crippen LogP contribution in [0, 0.1) is 5.92 Å².